The first kappa shape index (κ1) is 15.1. The van der Waals surface area contributed by atoms with Gasteiger partial charge in [0.15, 0.2) is 5.78 Å². The molecule has 0 spiro atoms. The van der Waals surface area contributed by atoms with Crippen LogP contribution in [0.3, 0.4) is 0 Å². The van der Waals surface area contributed by atoms with Crippen LogP contribution in [-0.4, -0.2) is 31.7 Å². The van der Waals surface area contributed by atoms with Crippen LogP contribution < -0.4 is 4.74 Å². The summed E-state index contributed by atoms with van der Waals surface area (Å²) in [6, 6.07) is 7.53. The fraction of sp³-hybridized carbons (Fsp3) is 0.500. The van der Waals surface area contributed by atoms with Crippen LogP contribution in [0.25, 0.3) is 5.57 Å². The average molecular weight is 302 g/mol. The third-order valence-corrected chi connectivity index (χ3v) is 4.51. The number of methoxy groups -OCH3 is 1. The zero-order valence-corrected chi connectivity index (χ0v) is 13.1. The molecular weight excluding hydrogens is 280 g/mol. The molecule has 0 radical (unpaired) electrons. The summed E-state index contributed by atoms with van der Waals surface area (Å²) in [7, 11) is 1.63. The number of ketones is 1. The summed E-state index contributed by atoms with van der Waals surface area (Å²) in [5.41, 5.74) is 1.55. The molecule has 0 saturated heterocycles. The zero-order valence-electron chi connectivity index (χ0n) is 13.1. The maximum absolute atomic E-state index is 12.8. The van der Waals surface area contributed by atoms with Gasteiger partial charge in [-0.15, -0.1) is 0 Å². The van der Waals surface area contributed by atoms with Crippen molar-refractivity contribution in [3.8, 4) is 5.75 Å². The van der Waals surface area contributed by atoms with Gasteiger partial charge in [-0.2, -0.15) is 0 Å². The zero-order chi connectivity index (χ0) is 15.5. The number of carbonyl (C=O) groups is 1. The SMILES string of the molecule is CCOC1CCC2C(=O)C(c3ccc(OC)cc3)=COC2C1. The van der Waals surface area contributed by atoms with E-state index in [1.807, 2.05) is 31.2 Å². The summed E-state index contributed by atoms with van der Waals surface area (Å²) < 4.78 is 16.7. The highest BCUT2D eigenvalue weighted by Crippen LogP contribution is 2.37. The number of carbonyl (C=O) groups excluding carboxylic acids is 1. The van der Waals surface area contributed by atoms with Crippen LogP contribution >= 0.6 is 0 Å². The van der Waals surface area contributed by atoms with Crippen LogP contribution in [0.15, 0.2) is 30.5 Å². The first-order chi connectivity index (χ1) is 10.7. The number of benzene rings is 1. The Morgan fingerprint density at radius 2 is 2.00 bits per heavy atom. The molecule has 4 heteroatoms. The minimum Gasteiger partial charge on any atom is -0.497 e. The summed E-state index contributed by atoms with van der Waals surface area (Å²) in [6.07, 6.45) is 4.37. The largest absolute Gasteiger partial charge is 0.497 e. The van der Waals surface area contributed by atoms with Crippen molar-refractivity contribution in [2.75, 3.05) is 13.7 Å². The van der Waals surface area contributed by atoms with E-state index in [1.54, 1.807) is 13.4 Å². The molecule has 1 saturated carbocycles. The maximum atomic E-state index is 12.8. The Morgan fingerprint density at radius 3 is 2.68 bits per heavy atom. The topological polar surface area (TPSA) is 44.8 Å². The van der Waals surface area contributed by atoms with E-state index in [4.69, 9.17) is 14.2 Å². The lowest BCUT2D eigenvalue weighted by molar-refractivity contribution is -0.127. The highest BCUT2D eigenvalue weighted by molar-refractivity contribution is 6.22. The molecule has 0 amide bonds. The van der Waals surface area contributed by atoms with Crippen LogP contribution in [0.5, 0.6) is 5.75 Å². The van der Waals surface area contributed by atoms with Crippen molar-refractivity contribution >= 4 is 11.4 Å². The van der Waals surface area contributed by atoms with E-state index in [0.717, 1.165) is 30.6 Å². The first-order valence-corrected chi connectivity index (χ1v) is 7.88. The molecule has 4 nitrogen and oxygen atoms in total. The van der Waals surface area contributed by atoms with Gasteiger partial charge in [0.2, 0.25) is 0 Å². The third-order valence-electron chi connectivity index (χ3n) is 4.51. The summed E-state index contributed by atoms with van der Waals surface area (Å²) in [6.45, 7) is 2.71. The summed E-state index contributed by atoms with van der Waals surface area (Å²) in [4.78, 5) is 12.8. The van der Waals surface area contributed by atoms with Gasteiger partial charge in [0.05, 0.1) is 31.0 Å². The highest BCUT2D eigenvalue weighted by atomic mass is 16.5. The first-order valence-electron chi connectivity index (χ1n) is 7.88. The quantitative estimate of drug-likeness (QED) is 0.856. The van der Waals surface area contributed by atoms with Crippen molar-refractivity contribution in [2.45, 2.75) is 38.4 Å². The monoisotopic (exact) mass is 302 g/mol. The molecule has 118 valence electrons. The lowest BCUT2D eigenvalue weighted by Gasteiger charge is -2.37. The second kappa shape index (κ2) is 6.53. The van der Waals surface area contributed by atoms with Crippen molar-refractivity contribution in [3.63, 3.8) is 0 Å². The van der Waals surface area contributed by atoms with E-state index in [0.29, 0.717) is 12.2 Å². The van der Waals surface area contributed by atoms with Gasteiger partial charge in [0, 0.05) is 13.0 Å². The molecule has 0 N–H and O–H groups in total. The fourth-order valence-electron chi connectivity index (χ4n) is 3.32. The van der Waals surface area contributed by atoms with Gasteiger partial charge >= 0.3 is 0 Å². The normalized spacial score (nSPS) is 27.6. The molecule has 1 aliphatic heterocycles. The van der Waals surface area contributed by atoms with Gasteiger partial charge in [-0.25, -0.2) is 0 Å². The number of rotatable bonds is 4. The van der Waals surface area contributed by atoms with Gasteiger partial charge < -0.3 is 14.2 Å². The predicted octanol–water partition coefficient (Wildman–Crippen LogP) is 3.21. The molecule has 1 fully saturated rings. The minimum absolute atomic E-state index is 0.0419. The standard InChI is InChI=1S/C18H22O4/c1-3-21-14-8-9-15-17(10-14)22-11-16(18(15)19)12-4-6-13(20-2)7-5-12/h4-7,11,14-15,17H,3,8-10H2,1-2H3. The van der Waals surface area contributed by atoms with Gasteiger partial charge in [-0.1, -0.05) is 12.1 Å². The summed E-state index contributed by atoms with van der Waals surface area (Å²) in [5, 5.41) is 0. The Labute approximate surface area is 131 Å². The summed E-state index contributed by atoms with van der Waals surface area (Å²) in [5.74, 6) is 0.929. The Morgan fingerprint density at radius 1 is 1.23 bits per heavy atom. The molecule has 1 aromatic carbocycles. The highest BCUT2D eigenvalue weighted by Gasteiger charge is 2.40. The predicted molar refractivity (Wildman–Crippen MR) is 83.6 cm³/mol. The second-order valence-corrected chi connectivity index (χ2v) is 5.80. The van der Waals surface area contributed by atoms with E-state index < -0.39 is 0 Å². The second-order valence-electron chi connectivity index (χ2n) is 5.80. The molecule has 1 aliphatic carbocycles. The molecule has 2 aliphatic rings. The molecule has 22 heavy (non-hydrogen) atoms. The van der Waals surface area contributed by atoms with Crippen LogP contribution in [0.1, 0.15) is 31.7 Å². The lowest BCUT2D eigenvalue weighted by Crippen LogP contribution is -2.41. The Bertz CT molecular complexity index is 561. The molecular formula is C18H22O4. The number of Topliss-reactive ketones (excluding diaryl/α,β-unsaturated/α-hetero) is 1. The molecule has 0 bridgehead atoms. The van der Waals surface area contributed by atoms with Crippen molar-refractivity contribution in [1.29, 1.82) is 0 Å². The lowest BCUT2D eigenvalue weighted by atomic mass is 9.78. The van der Waals surface area contributed by atoms with Gasteiger partial charge in [0.25, 0.3) is 0 Å². The Kier molecular flexibility index (Phi) is 4.48. The Hall–Kier alpha value is -1.81. The van der Waals surface area contributed by atoms with Crippen molar-refractivity contribution < 1.29 is 19.0 Å². The van der Waals surface area contributed by atoms with Crippen LogP contribution in [-0.2, 0) is 14.3 Å². The Balaban J connectivity index is 1.76. The summed E-state index contributed by atoms with van der Waals surface area (Å²) >= 11 is 0. The van der Waals surface area contributed by atoms with Crippen LogP contribution in [0.4, 0.5) is 0 Å². The maximum Gasteiger partial charge on any atom is 0.173 e. The van der Waals surface area contributed by atoms with E-state index in [-0.39, 0.29) is 23.9 Å². The van der Waals surface area contributed by atoms with Crippen molar-refractivity contribution in [1.82, 2.24) is 0 Å². The molecule has 0 aromatic heterocycles. The van der Waals surface area contributed by atoms with Crippen LogP contribution in [0.2, 0.25) is 0 Å². The van der Waals surface area contributed by atoms with E-state index >= 15 is 0 Å². The number of hydrogen-bond donors (Lipinski definition) is 0. The number of allylic oxidation sites excluding steroid dienone is 1. The van der Waals surface area contributed by atoms with E-state index in [9.17, 15) is 4.79 Å². The smallest absolute Gasteiger partial charge is 0.173 e. The van der Waals surface area contributed by atoms with E-state index in [1.165, 1.54) is 0 Å². The molecule has 3 atom stereocenters. The number of hydrogen-bond acceptors (Lipinski definition) is 4. The van der Waals surface area contributed by atoms with Crippen LogP contribution in [0, 0.1) is 5.92 Å². The third kappa shape index (κ3) is 2.88. The molecule has 1 heterocycles. The van der Waals surface area contributed by atoms with Gasteiger partial charge in [-0.3, -0.25) is 4.79 Å². The minimum atomic E-state index is -0.0428. The molecule has 3 rings (SSSR count). The number of ether oxygens (including phenoxy) is 3. The fourth-order valence-corrected chi connectivity index (χ4v) is 3.32. The molecule has 3 unspecified atom stereocenters. The van der Waals surface area contributed by atoms with Gasteiger partial charge in [0.1, 0.15) is 11.9 Å². The van der Waals surface area contributed by atoms with Crippen molar-refractivity contribution in [2.24, 2.45) is 5.92 Å². The number of fused-ring (bicyclic) bond motifs is 1. The van der Waals surface area contributed by atoms with Crippen molar-refractivity contribution in [3.05, 3.63) is 36.1 Å². The van der Waals surface area contributed by atoms with Gasteiger partial charge in [-0.05, 0) is 37.5 Å². The molecule has 1 aromatic rings. The van der Waals surface area contributed by atoms with E-state index in [2.05, 4.69) is 0 Å². The average Bonchev–Trinajstić information content (AvgIpc) is 2.56.